The summed E-state index contributed by atoms with van der Waals surface area (Å²) >= 11 is 7.58. The van der Waals surface area contributed by atoms with Gasteiger partial charge >= 0.3 is 0 Å². The molecule has 1 saturated carbocycles. The molecule has 2 aliphatic rings. The fraction of sp³-hybridized carbons (Fsp3) is 0.417. The van der Waals surface area contributed by atoms with Crippen molar-refractivity contribution in [3.63, 3.8) is 0 Å². The number of hydrogen-bond donors (Lipinski definition) is 3. The Balaban J connectivity index is 1.34. The summed E-state index contributed by atoms with van der Waals surface area (Å²) in [6, 6.07) is 5.36. The van der Waals surface area contributed by atoms with Crippen molar-refractivity contribution in [3.8, 4) is 0 Å². The Bertz CT molecular complexity index is 1300. The minimum atomic E-state index is -0.749. The van der Waals surface area contributed by atoms with Crippen LogP contribution in [-0.2, 0) is 17.8 Å². The first-order valence-corrected chi connectivity index (χ1v) is 12.6. The first-order chi connectivity index (χ1) is 16.3. The highest BCUT2D eigenvalue weighted by Crippen LogP contribution is 2.39. The van der Waals surface area contributed by atoms with Gasteiger partial charge < -0.3 is 25.7 Å². The quantitative estimate of drug-likeness (QED) is 0.377. The average molecular weight is 499 g/mol. The number of carbonyl (C=O) groups is 2. The highest BCUT2D eigenvalue weighted by molar-refractivity contribution is 7.13. The Hall–Kier alpha value is -2.91. The number of hydrogen-bond acceptors (Lipinski definition) is 6. The van der Waals surface area contributed by atoms with Crippen LogP contribution in [-0.4, -0.2) is 45.2 Å². The van der Waals surface area contributed by atoms with E-state index in [0.29, 0.717) is 41.7 Å². The van der Waals surface area contributed by atoms with Crippen LogP contribution in [0.2, 0.25) is 5.02 Å². The van der Waals surface area contributed by atoms with Crippen molar-refractivity contribution in [2.75, 3.05) is 6.54 Å². The molecule has 3 heterocycles. The van der Waals surface area contributed by atoms with Crippen molar-refractivity contribution >= 4 is 51.6 Å². The first kappa shape index (κ1) is 22.9. The maximum absolute atomic E-state index is 13.0. The Morgan fingerprint density at radius 2 is 2.18 bits per heavy atom. The first-order valence-electron chi connectivity index (χ1n) is 11.4. The highest BCUT2D eigenvalue weighted by Gasteiger charge is 2.30. The second-order valence-electron chi connectivity index (χ2n) is 9.05. The van der Waals surface area contributed by atoms with Gasteiger partial charge in [0.25, 0.3) is 5.91 Å². The van der Waals surface area contributed by atoms with Gasteiger partial charge in [-0.25, -0.2) is 4.98 Å². The number of aromatic amines is 1. The number of carbonyl (C=O) groups excluding carboxylic acids is 2. The summed E-state index contributed by atoms with van der Waals surface area (Å²) in [5.74, 6) is -0.883. The number of rotatable bonds is 4. The number of nitrogens with one attached hydrogen (secondary N) is 3. The predicted octanol–water partition coefficient (Wildman–Crippen LogP) is 3.32. The van der Waals surface area contributed by atoms with Crippen molar-refractivity contribution in [3.05, 3.63) is 50.1 Å². The van der Waals surface area contributed by atoms with Crippen LogP contribution in [0.1, 0.15) is 70.2 Å². The molecule has 1 unspecified atom stereocenters. The third-order valence-electron chi connectivity index (χ3n) is 6.82. The van der Waals surface area contributed by atoms with Crippen LogP contribution in [0, 0.1) is 5.41 Å². The van der Waals surface area contributed by atoms with E-state index in [0.717, 1.165) is 46.3 Å². The summed E-state index contributed by atoms with van der Waals surface area (Å²) in [4.78, 5) is 35.1. The average Bonchev–Trinajstić information content (AvgIpc) is 3.40. The molecule has 0 spiro atoms. The van der Waals surface area contributed by atoms with Crippen LogP contribution in [0.25, 0.3) is 10.9 Å². The molecule has 0 bridgehead atoms. The Kier molecular flexibility index (Phi) is 6.07. The van der Waals surface area contributed by atoms with Crippen molar-refractivity contribution in [2.45, 2.75) is 57.5 Å². The van der Waals surface area contributed by atoms with Crippen LogP contribution in [0.15, 0.2) is 18.2 Å². The second kappa shape index (κ2) is 9.03. The third kappa shape index (κ3) is 4.30. The van der Waals surface area contributed by atoms with Gasteiger partial charge in [0.15, 0.2) is 5.01 Å². The van der Waals surface area contributed by atoms with Crippen LogP contribution < -0.4 is 10.4 Å². The molecule has 3 aromatic rings. The van der Waals surface area contributed by atoms with Crippen molar-refractivity contribution in [1.82, 2.24) is 20.2 Å². The van der Waals surface area contributed by atoms with Crippen LogP contribution in [0.5, 0.6) is 0 Å². The van der Waals surface area contributed by atoms with Crippen molar-refractivity contribution in [2.24, 2.45) is 0 Å². The Labute approximate surface area is 205 Å². The maximum Gasteiger partial charge on any atom is 0.280 e. The maximum atomic E-state index is 13.0. The van der Waals surface area contributed by atoms with Gasteiger partial charge in [-0.15, -0.1) is 11.3 Å². The number of amides is 2. The molecule has 1 aliphatic carbocycles. The Morgan fingerprint density at radius 1 is 1.35 bits per heavy atom. The van der Waals surface area contributed by atoms with E-state index in [9.17, 15) is 14.7 Å². The van der Waals surface area contributed by atoms with E-state index < -0.39 is 5.90 Å². The summed E-state index contributed by atoms with van der Waals surface area (Å²) in [6.07, 6.45) is 3.96. The number of thiazole rings is 1. The normalized spacial score (nSPS) is 20.2. The van der Waals surface area contributed by atoms with Gasteiger partial charge in [-0.05, 0) is 48.9 Å². The lowest BCUT2D eigenvalue weighted by molar-refractivity contribution is -0.215. The number of benzene rings is 1. The molecule has 5 rings (SSSR count). The lowest BCUT2D eigenvalue weighted by Crippen LogP contribution is -2.38. The van der Waals surface area contributed by atoms with E-state index in [1.54, 1.807) is 17.9 Å². The molecule has 2 amide bonds. The molecule has 8 nitrogen and oxygen atoms in total. The molecule has 10 heteroatoms. The van der Waals surface area contributed by atoms with E-state index >= 15 is 0 Å². The number of halogens is 1. The summed E-state index contributed by atoms with van der Waals surface area (Å²) < 4.78 is 0. The fourth-order valence-corrected chi connectivity index (χ4v) is 6.38. The zero-order valence-electron chi connectivity index (χ0n) is 18.7. The molecule has 34 heavy (non-hydrogen) atoms. The topological polar surface area (TPSA) is 125 Å². The van der Waals surface area contributed by atoms with Crippen molar-refractivity contribution < 1.29 is 14.7 Å². The van der Waals surface area contributed by atoms with Gasteiger partial charge in [-0.1, -0.05) is 18.0 Å². The third-order valence-corrected chi connectivity index (χ3v) is 8.13. The van der Waals surface area contributed by atoms with Gasteiger partial charge in [0.2, 0.25) is 5.91 Å². The summed E-state index contributed by atoms with van der Waals surface area (Å²) in [5, 5.41) is 24.8. The SMILES string of the molecule is CC(=O)N1CCc2nc(C(=O)N[C@@H]3CCCC(c4c(C(=N)[O-])[nH]c5ccc(Cl)cc45)C3)sc2C1. The molecule has 0 saturated heterocycles. The van der Waals surface area contributed by atoms with E-state index in [4.69, 9.17) is 17.0 Å². The van der Waals surface area contributed by atoms with Gasteiger partial charge in [-0.2, -0.15) is 0 Å². The summed E-state index contributed by atoms with van der Waals surface area (Å²) in [7, 11) is 0. The smallest absolute Gasteiger partial charge is 0.280 e. The number of nitrogens with zero attached hydrogens (tertiary/aromatic N) is 2. The minimum absolute atomic E-state index is 0.0300. The molecule has 2 aromatic heterocycles. The molecular formula is C24H25ClN5O3S-. The minimum Gasteiger partial charge on any atom is -0.858 e. The second-order valence-corrected chi connectivity index (χ2v) is 10.6. The van der Waals surface area contributed by atoms with E-state index in [-0.39, 0.29) is 23.8 Å². The number of fused-ring (bicyclic) bond motifs is 2. The zero-order chi connectivity index (χ0) is 24.0. The Morgan fingerprint density at radius 3 is 2.94 bits per heavy atom. The molecule has 1 aliphatic heterocycles. The largest absolute Gasteiger partial charge is 0.858 e. The van der Waals surface area contributed by atoms with E-state index in [1.807, 2.05) is 12.1 Å². The monoisotopic (exact) mass is 498 g/mol. The number of H-pyrrole nitrogens is 1. The fourth-order valence-electron chi connectivity index (χ4n) is 5.18. The van der Waals surface area contributed by atoms with Gasteiger partial charge in [0.1, 0.15) is 0 Å². The van der Waals surface area contributed by atoms with Gasteiger partial charge in [0.05, 0.1) is 17.9 Å². The van der Waals surface area contributed by atoms with E-state index in [2.05, 4.69) is 15.3 Å². The summed E-state index contributed by atoms with van der Waals surface area (Å²) in [5.41, 5.74) is 2.82. The predicted molar refractivity (Wildman–Crippen MR) is 130 cm³/mol. The van der Waals surface area contributed by atoms with Crippen LogP contribution in [0.3, 0.4) is 0 Å². The van der Waals surface area contributed by atoms with Crippen LogP contribution >= 0.6 is 22.9 Å². The molecule has 2 atom stereocenters. The van der Waals surface area contributed by atoms with E-state index in [1.165, 1.54) is 11.3 Å². The standard InChI is InChI=1S/C24H26ClN5O3S/c1-12(31)30-8-7-18-19(11-30)34-24(29-18)23(33)27-15-4-2-3-13(9-15)20-16-10-14(25)5-6-17(16)28-21(20)22(26)32/h5-6,10,13,15,28H,2-4,7-9,11H2,1H3,(H2,26,32)(H,27,33)/p-1/t13?,15-/m1/s1. The van der Waals surface area contributed by atoms with Crippen molar-refractivity contribution in [1.29, 1.82) is 5.41 Å². The molecule has 0 radical (unpaired) electrons. The van der Waals surface area contributed by atoms with Crippen LogP contribution in [0.4, 0.5) is 0 Å². The van der Waals surface area contributed by atoms with Gasteiger partial charge in [0, 0.05) is 52.6 Å². The van der Waals surface area contributed by atoms with Gasteiger partial charge in [-0.3, -0.25) is 9.59 Å². The molecular weight excluding hydrogens is 474 g/mol. The number of aromatic nitrogens is 2. The molecule has 178 valence electrons. The zero-order valence-corrected chi connectivity index (χ0v) is 20.3. The molecule has 1 aromatic carbocycles. The summed E-state index contributed by atoms with van der Waals surface area (Å²) in [6.45, 7) is 2.69. The molecule has 3 N–H and O–H groups in total. The lowest BCUT2D eigenvalue weighted by atomic mass is 9.80. The highest BCUT2D eigenvalue weighted by atomic mass is 35.5. The lowest BCUT2D eigenvalue weighted by Gasteiger charge is -2.30. The molecule has 1 fully saturated rings.